The van der Waals surface area contributed by atoms with Gasteiger partial charge in [-0.05, 0) is 43.0 Å². The molecule has 0 aliphatic rings. The summed E-state index contributed by atoms with van der Waals surface area (Å²) in [4.78, 5) is 40.8. The summed E-state index contributed by atoms with van der Waals surface area (Å²) in [5.74, 6) is -2.00. The molecular weight excluding hydrogens is 474 g/mol. The van der Waals surface area contributed by atoms with Crippen molar-refractivity contribution in [2.24, 2.45) is 26.7 Å². The summed E-state index contributed by atoms with van der Waals surface area (Å²) < 4.78 is 0. The summed E-state index contributed by atoms with van der Waals surface area (Å²) in [6.07, 6.45) is 0.542. The number of carbonyl (C=O) groups is 3. The number of guanidine groups is 1. The van der Waals surface area contributed by atoms with Crippen LogP contribution in [-0.4, -0.2) is 47.6 Å². The monoisotopic (exact) mass is 501 g/mol. The van der Waals surface area contributed by atoms with Crippen LogP contribution in [0.3, 0.4) is 0 Å². The Morgan fingerprint density at radius 2 is 1.77 bits per heavy atom. The quantitative estimate of drug-likeness (QED) is 0.136. The first-order valence-corrected chi connectivity index (χ1v) is 11.1. The zero-order valence-corrected chi connectivity index (χ0v) is 19.9. The second-order valence-electron chi connectivity index (χ2n) is 7.67. The minimum absolute atomic E-state index is 0.0950. The number of benzene rings is 2. The molecule has 0 aliphatic heterocycles. The molecule has 0 aliphatic carbocycles. The van der Waals surface area contributed by atoms with E-state index in [2.05, 4.69) is 25.9 Å². The van der Waals surface area contributed by atoms with E-state index in [1.54, 1.807) is 42.5 Å². The van der Waals surface area contributed by atoms with Crippen LogP contribution in [0.15, 0.2) is 63.8 Å². The number of hydrogen-bond acceptors (Lipinski definition) is 5. The van der Waals surface area contributed by atoms with Crippen LogP contribution in [0.25, 0.3) is 0 Å². The molecule has 2 rings (SSSR count). The van der Waals surface area contributed by atoms with Crippen molar-refractivity contribution >= 4 is 41.2 Å². The fourth-order valence-electron chi connectivity index (χ4n) is 3.02. The van der Waals surface area contributed by atoms with Gasteiger partial charge in [-0.1, -0.05) is 53.1 Å². The number of carboxylic acids is 1. The first-order chi connectivity index (χ1) is 16.7. The lowest BCUT2D eigenvalue weighted by Gasteiger charge is -2.20. The van der Waals surface area contributed by atoms with Gasteiger partial charge in [-0.2, -0.15) is 0 Å². The lowest BCUT2D eigenvalue weighted by atomic mass is 10.0. The molecule has 7 N–H and O–H groups in total. The highest BCUT2D eigenvalue weighted by molar-refractivity contribution is 6.31. The van der Waals surface area contributed by atoms with Crippen molar-refractivity contribution in [3.8, 4) is 0 Å². The van der Waals surface area contributed by atoms with Gasteiger partial charge in [-0.3, -0.25) is 9.79 Å². The van der Waals surface area contributed by atoms with E-state index in [0.29, 0.717) is 17.1 Å². The summed E-state index contributed by atoms with van der Waals surface area (Å²) >= 11 is 6.06. The van der Waals surface area contributed by atoms with E-state index in [1.165, 1.54) is 0 Å². The lowest BCUT2D eigenvalue weighted by molar-refractivity contribution is -0.142. The second kappa shape index (κ2) is 13.7. The Morgan fingerprint density at radius 1 is 1.06 bits per heavy atom. The lowest BCUT2D eigenvalue weighted by Crippen LogP contribution is -2.52. The number of hydrogen-bond donors (Lipinski definition) is 5. The van der Waals surface area contributed by atoms with E-state index in [-0.39, 0.29) is 25.3 Å². The van der Waals surface area contributed by atoms with Crippen LogP contribution in [0.5, 0.6) is 0 Å². The number of azo groups is 1. The minimum atomic E-state index is -1.22. The second-order valence-corrected chi connectivity index (χ2v) is 8.08. The molecule has 3 amide bonds. The Hall–Kier alpha value is -3.99. The molecule has 2 aromatic rings. The van der Waals surface area contributed by atoms with Gasteiger partial charge in [0.25, 0.3) is 0 Å². The van der Waals surface area contributed by atoms with Gasteiger partial charge in [0.15, 0.2) is 5.96 Å². The van der Waals surface area contributed by atoms with Crippen molar-refractivity contribution in [2.75, 3.05) is 6.54 Å². The number of carboxylic acid groups (broad SMARTS) is 1. The summed E-state index contributed by atoms with van der Waals surface area (Å²) in [7, 11) is 0. The summed E-state index contributed by atoms with van der Waals surface area (Å²) in [6, 6.07) is 10.7. The Balaban J connectivity index is 2.11. The smallest absolute Gasteiger partial charge is 0.360 e. The molecule has 186 valence electrons. The van der Waals surface area contributed by atoms with Crippen molar-refractivity contribution in [2.45, 2.75) is 38.3 Å². The number of aliphatic carboxylic acids is 1. The number of nitrogens with two attached hydrogens (primary N) is 2. The normalized spacial score (nSPS) is 12.5. The van der Waals surface area contributed by atoms with Crippen LogP contribution in [-0.2, 0) is 16.0 Å². The van der Waals surface area contributed by atoms with Gasteiger partial charge < -0.3 is 27.2 Å². The molecule has 2 atom stereocenters. The zero-order valence-electron chi connectivity index (χ0n) is 19.1. The van der Waals surface area contributed by atoms with Crippen LogP contribution in [0.4, 0.5) is 10.5 Å². The molecule has 2 aromatic carbocycles. The number of halogens is 1. The Bertz CT molecular complexity index is 1090. The number of aryl methyl sites for hydroxylation is 1. The maximum absolute atomic E-state index is 12.9. The standard InChI is InChI=1S/C23H28ClN7O4/c1-14-9-10-16(13-17(14)24)30-31-23(35)29-19(12-15-6-3-2-4-7-15)20(32)28-18(21(33)34)8-5-11-27-22(25)26/h2-4,6-7,9-10,13,18-19H,5,8,11-12H2,1H3,(H,28,32)(H,29,35)(H,33,34)(H4,25,26,27). The SMILES string of the molecule is Cc1ccc(N=NC(=O)NC(Cc2ccccc2)C(=O)NC(CCCN=C(N)N)C(=O)O)cc1Cl. The molecule has 11 nitrogen and oxygen atoms in total. The number of nitrogens with one attached hydrogen (secondary N) is 2. The number of nitrogens with zero attached hydrogens (tertiary/aromatic N) is 3. The average Bonchev–Trinajstić information content (AvgIpc) is 2.81. The Kier molecular flexibility index (Phi) is 10.6. The number of urea groups is 1. The summed E-state index contributed by atoms with van der Waals surface area (Å²) in [5.41, 5.74) is 12.5. The number of aliphatic imine (C=N–C) groups is 1. The molecule has 2 unspecified atom stereocenters. The predicted octanol–water partition coefficient (Wildman–Crippen LogP) is 2.68. The van der Waals surface area contributed by atoms with E-state index in [1.807, 2.05) is 13.0 Å². The van der Waals surface area contributed by atoms with E-state index in [0.717, 1.165) is 11.1 Å². The van der Waals surface area contributed by atoms with Gasteiger partial charge in [0.1, 0.15) is 12.1 Å². The van der Waals surface area contributed by atoms with Crippen molar-refractivity contribution < 1.29 is 19.5 Å². The minimum Gasteiger partial charge on any atom is -0.480 e. The van der Waals surface area contributed by atoms with Gasteiger partial charge in [-0.25, -0.2) is 9.59 Å². The number of rotatable bonds is 11. The van der Waals surface area contributed by atoms with Crippen molar-refractivity contribution in [3.05, 3.63) is 64.7 Å². The fraction of sp³-hybridized carbons (Fsp3) is 0.304. The van der Waals surface area contributed by atoms with Crippen molar-refractivity contribution in [1.82, 2.24) is 10.6 Å². The summed E-state index contributed by atoms with van der Waals surface area (Å²) in [5, 5.41) is 22.4. The van der Waals surface area contributed by atoms with Gasteiger partial charge in [0.2, 0.25) is 5.91 Å². The molecule has 0 bridgehead atoms. The average molecular weight is 502 g/mol. The molecule has 35 heavy (non-hydrogen) atoms. The molecule has 0 spiro atoms. The van der Waals surface area contributed by atoms with E-state index >= 15 is 0 Å². The van der Waals surface area contributed by atoms with Gasteiger partial charge in [0, 0.05) is 18.0 Å². The third-order valence-corrected chi connectivity index (χ3v) is 5.28. The molecule has 0 saturated heterocycles. The highest BCUT2D eigenvalue weighted by Crippen LogP contribution is 2.22. The van der Waals surface area contributed by atoms with Crippen molar-refractivity contribution in [1.29, 1.82) is 0 Å². The molecule has 0 aromatic heterocycles. The van der Waals surface area contributed by atoms with E-state index in [4.69, 9.17) is 23.1 Å². The Labute approximate surface area is 207 Å². The van der Waals surface area contributed by atoms with Gasteiger partial charge in [0.05, 0.1) is 5.69 Å². The highest BCUT2D eigenvalue weighted by atomic mass is 35.5. The molecule has 0 fully saturated rings. The molecular formula is C23H28ClN7O4. The first kappa shape index (κ1) is 27.3. The largest absolute Gasteiger partial charge is 0.480 e. The first-order valence-electron chi connectivity index (χ1n) is 10.8. The number of carbonyl (C=O) groups excluding carboxylic acids is 2. The van der Waals surface area contributed by atoms with Gasteiger partial charge in [-0.15, -0.1) is 5.11 Å². The topological polar surface area (TPSA) is 185 Å². The van der Waals surface area contributed by atoms with Crippen LogP contribution in [0.1, 0.15) is 24.0 Å². The predicted molar refractivity (Wildman–Crippen MR) is 133 cm³/mol. The van der Waals surface area contributed by atoms with E-state index in [9.17, 15) is 19.5 Å². The summed E-state index contributed by atoms with van der Waals surface area (Å²) in [6.45, 7) is 2.05. The Morgan fingerprint density at radius 3 is 2.40 bits per heavy atom. The van der Waals surface area contributed by atoms with Gasteiger partial charge >= 0.3 is 12.0 Å². The molecule has 0 radical (unpaired) electrons. The molecule has 0 saturated carbocycles. The van der Waals surface area contributed by atoms with Crippen molar-refractivity contribution in [3.63, 3.8) is 0 Å². The zero-order chi connectivity index (χ0) is 25.8. The number of amides is 3. The van der Waals surface area contributed by atoms with Crippen LogP contribution in [0, 0.1) is 6.92 Å². The third kappa shape index (κ3) is 9.80. The molecule has 12 heteroatoms. The van der Waals surface area contributed by atoms with Crippen LogP contribution < -0.4 is 22.1 Å². The van der Waals surface area contributed by atoms with E-state index < -0.39 is 30.0 Å². The maximum Gasteiger partial charge on any atom is 0.360 e. The fourth-order valence-corrected chi connectivity index (χ4v) is 3.19. The van der Waals surface area contributed by atoms with Crippen LogP contribution in [0.2, 0.25) is 5.02 Å². The third-order valence-electron chi connectivity index (χ3n) is 4.87. The highest BCUT2D eigenvalue weighted by Gasteiger charge is 2.26. The van der Waals surface area contributed by atoms with Crippen LogP contribution >= 0.6 is 11.6 Å². The maximum atomic E-state index is 12.9. The molecule has 0 heterocycles.